The average Bonchev–Trinajstić information content (AvgIpc) is 2.82. The molecule has 1 aliphatic heterocycles. The van der Waals surface area contributed by atoms with Crippen molar-refractivity contribution in [2.45, 2.75) is 11.9 Å². The number of hydrogen-bond acceptors (Lipinski definition) is 5. The lowest BCUT2D eigenvalue weighted by atomic mass is 10.1. The second-order valence-corrected chi connectivity index (χ2v) is 5.60. The molecule has 0 radical (unpaired) electrons. The van der Waals surface area contributed by atoms with Crippen molar-refractivity contribution in [2.24, 2.45) is 0 Å². The Morgan fingerprint density at radius 3 is 2.58 bits per heavy atom. The zero-order valence-corrected chi connectivity index (χ0v) is 11.3. The topological polar surface area (TPSA) is 69.7 Å². The molecule has 1 aromatic rings. The number of rotatable bonds is 4. The van der Waals surface area contributed by atoms with Gasteiger partial charge in [-0.25, -0.2) is 4.79 Å². The van der Waals surface area contributed by atoms with Crippen LogP contribution in [-0.4, -0.2) is 39.9 Å². The Labute approximate surface area is 113 Å². The summed E-state index contributed by atoms with van der Waals surface area (Å²) in [4.78, 5) is 22.5. The maximum Gasteiger partial charge on any atom is 0.360 e. The summed E-state index contributed by atoms with van der Waals surface area (Å²) >= 11 is 0. The predicted octanol–water partition coefficient (Wildman–Crippen LogP) is 0.908. The molecule has 0 spiro atoms. The van der Waals surface area contributed by atoms with Crippen molar-refractivity contribution in [3.05, 3.63) is 35.9 Å². The first-order chi connectivity index (χ1) is 9.13. The molecule has 0 aromatic heterocycles. The van der Waals surface area contributed by atoms with E-state index in [9.17, 15) is 13.8 Å². The normalized spacial score (nSPS) is 26.1. The molecule has 0 N–H and O–H groups in total. The van der Waals surface area contributed by atoms with Crippen LogP contribution >= 0.6 is 0 Å². The standard InChI is InChI=1S/C13H14O5S/c1-2-17-12(15)13(18-8-9-19(13)16)11(14)10-6-4-3-5-7-10/h3-7H,2,8-9H2,1H3/t13-,19-/m1/s1. The molecular weight excluding hydrogens is 268 g/mol. The van der Waals surface area contributed by atoms with Crippen LogP contribution in [0.25, 0.3) is 0 Å². The van der Waals surface area contributed by atoms with E-state index in [1.807, 2.05) is 0 Å². The molecule has 2 rings (SSSR count). The van der Waals surface area contributed by atoms with Gasteiger partial charge in [-0.05, 0) is 6.92 Å². The summed E-state index contributed by atoms with van der Waals surface area (Å²) in [6.07, 6.45) is 0. The van der Waals surface area contributed by atoms with E-state index < -0.39 is 27.5 Å². The summed E-state index contributed by atoms with van der Waals surface area (Å²) in [6, 6.07) is 8.21. The van der Waals surface area contributed by atoms with Gasteiger partial charge in [-0.2, -0.15) is 0 Å². The predicted molar refractivity (Wildman–Crippen MR) is 69.1 cm³/mol. The SMILES string of the molecule is CCOC(=O)[C@]1(C(=O)c2ccccc2)OCC[S@]1=O. The first-order valence-corrected chi connectivity index (χ1v) is 7.24. The Morgan fingerprint density at radius 1 is 1.37 bits per heavy atom. The minimum Gasteiger partial charge on any atom is -0.463 e. The van der Waals surface area contributed by atoms with Crippen LogP contribution in [0.15, 0.2) is 30.3 Å². The number of benzene rings is 1. The van der Waals surface area contributed by atoms with E-state index in [4.69, 9.17) is 9.47 Å². The van der Waals surface area contributed by atoms with Gasteiger partial charge in [-0.3, -0.25) is 9.00 Å². The second kappa shape index (κ2) is 5.63. The monoisotopic (exact) mass is 282 g/mol. The van der Waals surface area contributed by atoms with E-state index in [0.717, 1.165) is 0 Å². The smallest absolute Gasteiger partial charge is 0.360 e. The van der Waals surface area contributed by atoms with E-state index in [-0.39, 0.29) is 24.5 Å². The molecule has 6 heteroatoms. The lowest BCUT2D eigenvalue weighted by Crippen LogP contribution is -2.50. The third kappa shape index (κ3) is 2.33. The largest absolute Gasteiger partial charge is 0.463 e. The van der Waals surface area contributed by atoms with E-state index in [2.05, 4.69) is 0 Å². The molecule has 1 aromatic carbocycles. The molecule has 2 atom stereocenters. The number of carbonyl (C=O) groups is 2. The van der Waals surface area contributed by atoms with Crippen LogP contribution < -0.4 is 0 Å². The Hall–Kier alpha value is -1.53. The van der Waals surface area contributed by atoms with E-state index in [1.54, 1.807) is 37.3 Å². The molecular formula is C13H14O5S. The van der Waals surface area contributed by atoms with Gasteiger partial charge in [0, 0.05) is 5.56 Å². The zero-order valence-electron chi connectivity index (χ0n) is 10.5. The minimum absolute atomic E-state index is 0.100. The summed E-state index contributed by atoms with van der Waals surface area (Å²) in [5, 5.41) is 0. The van der Waals surface area contributed by atoms with Crippen molar-refractivity contribution < 1.29 is 23.3 Å². The van der Waals surface area contributed by atoms with E-state index in [1.165, 1.54) is 0 Å². The fraction of sp³-hybridized carbons (Fsp3) is 0.385. The highest BCUT2D eigenvalue weighted by Gasteiger charge is 2.57. The van der Waals surface area contributed by atoms with Crippen LogP contribution in [0.2, 0.25) is 0 Å². The third-order valence-corrected chi connectivity index (χ3v) is 4.42. The van der Waals surface area contributed by atoms with Crippen molar-refractivity contribution in [3.63, 3.8) is 0 Å². The van der Waals surface area contributed by atoms with Gasteiger partial charge >= 0.3 is 10.9 Å². The fourth-order valence-corrected chi connectivity index (χ4v) is 3.20. The Balaban J connectivity index is 2.42. The van der Waals surface area contributed by atoms with Gasteiger partial charge in [-0.1, -0.05) is 30.3 Å². The molecule has 0 amide bonds. The zero-order chi connectivity index (χ0) is 13.9. The summed E-state index contributed by atoms with van der Waals surface area (Å²) in [5.41, 5.74) is 0.283. The maximum absolute atomic E-state index is 12.5. The van der Waals surface area contributed by atoms with Crippen LogP contribution in [0.3, 0.4) is 0 Å². The molecule has 1 fully saturated rings. The summed E-state index contributed by atoms with van der Waals surface area (Å²) in [7, 11) is -1.73. The van der Waals surface area contributed by atoms with Gasteiger partial charge in [0.1, 0.15) is 0 Å². The fourth-order valence-electron chi connectivity index (χ4n) is 1.89. The third-order valence-electron chi connectivity index (χ3n) is 2.77. The Kier molecular flexibility index (Phi) is 4.11. The van der Waals surface area contributed by atoms with Crippen molar-refractivity contribution >= 4 is 22.6 Å². The number of esters is 1. The number of hydrogen-bond donors (Lipinski definition) is 0. The number of Topliss-reactive ketones (excluding diaryl/α,β-unsaturated/α-hetero) is 1. The molecule has 0 bridgehead atoms. The molecule has 1 aliphatic rings. The molecule has 102 valence electrons. The quantitative estimate of drug-likeness (QED) is 0.466. The van der Waals surface area contributed by atoms with Gasteiger partial charge < -0.3 is 9.47 Å². The molecule has 19 heavy (non-hydrogen) atoms. The highest BCUT2D eigenvalue weighted by atomic mass is 32.2. The maximum atomic E-state index is 12.5. The van der Waals surface area contributed by atoms with Crippen molar-refractivity contribution in [3.8, 4) is 0 Å². The molecule has 0 aliphatic carbocycles. The Bertz CT molecular complexity index is 513. The molecule has 1 heterocycles. The highest BCUT2D eigenvalue weighted by molar-refractivity contribution is 7.88. The lowest BCUT2D eigenvalue weighted by Gasteiger charge is -2.22. The van der Waals surface area contributed by atoms with Crippen LogP contribution in [0, 0.1) is 0 Å². The van der Waals surface area contributed by atoms with Crippen LogP contribution in [-0.2, 0) is 25.1 Å². The first kappa shape index (κ1) is 13.9. The summed E-state index contributed by atoms with van der Waals surface area (Å²) in [5.74, 6) is -1.33. The number of ketones is 1. The number of carbonyl (C=O) groups excluding carboxylic acids is 2. The average molecular weight is 282 g/mol. The summed E-state index contributed by atoms with van der Waals surface area (Å²) < 4.78 is 22.2. The van der Waals surface area contributed by atoms with Gasteiger partial charge in [-0.15, -0.1) is 0 Å². The van der Waals surface area contributed by atoms with Gasteiger partial charge in [0.15, 0.2) is 0 Å². The first-order valence-electron chi connectivity index (χ1n) is 5.92. The summed E-state index contributed by atoms with van der Waals surface area (Å²) in [6.45, 7) is 1.82. The van der Waals surface area contributed by atoms with Gasteiger partial charge in [0.05, 0.1) is 29.8 Å². The van der Waals surface area contributed by atoms with Gasteiger partial charge in [0.25, 0.3) is 0 Å². The molecule has 1 saturated heterocycles. The van der Waals surface area contributed by atoms with Crippen LogP contribution in [0.4, 0.5) is 0 Å². The van der Waals surface area contributed by atoms with Crippen molar-refractivity contribution in [2.75, 3.05) is 19.0 Å². The molecule has 0 saturated carbocycles. The molecule has 0 unspecified atom stereocenters. The van der Waals surface area contributed by atoms with Crippen LogP contribution in [0.5, 0.6) is 0 Å². The number of ether oxygens (including phenoxy) is 2. The van der Waals surface area contributed by atoms with E-state index in [0.29, 0.717) is 0 Å². The van der Waals surface area contributed by atoms with Crippen molar-refractivity contribution in [1.29, 1.82) is 0 Å². The minimum atomic E-state index is -2.00. The lowest BCUT2D eigenvalue weighted by molar-refractivity contribution is -0.155. The van der Waals surface area contributed by atoms with Crippen molar-refractivity contribution in [1.82, 2.24) is 0 Å². The molecule has 5 nitrogen and oxygen atoms in total. The Morgan fingerprint density at radius 2 is 2.05 bits per heavy atom. The van der Waals surface area contributed by atoms with Crippen LogP contribution in [0.1, 0.15) is 17.3 Å². The van der Waals surface area contributed by atoms with E-state index >= 15 is 0 Å². The highest BCUT2D eigenvalue weighted by Crippen LogP contribution is 2.29. The second-order valence-electron chi connectivity index (χ2n) is 3.93. The van der Waals surface area contributed by atoms with Gasteiger partial charge in [0.2, 0.25) is 5.78 Å².